The van der Waals surface area contributed by atoms with Gasteiger partial charge in [0.25, 0.3) is 5.56 Å². The Morgan fingerprint density at radius 2 is 1.88 bits per heavy atom. The molecule has 2 aromatic carbocycles. The van der Waals surface area contributed by atoms with Crippen molar-refractivity contribution in [3.8, 4) is 5.69 Å². The molecule has 0 atom stereocenters. The molecule has 3 heterocycles. The average molecular weight is 462 g/mol. The number of amides is 1. The van der Waals surface area contributed by atoms with Gasteiger partial charge in [-0.3, -0.25) is 14.2 Å². The van der Waals surface area contributed by atoms with Crippen molar-refractivity contribution in [3.63, 3.8) is 0 Å². The van der Waals surface area contributed by atoms with E-state index in [0.29, 0.717) is 30.1 Å². The highest BCUT2D eigenvalue weighted by Gasteiger charge is 2.26. The number of rotatable bonds is 4. The number of nitrogens with zero attached hydrogens (tertiary/aromatic N) is 3. The second-order valence-electron chi connectivity index (χ2n) is 8.02. The minimum atomic E-state index is -0.0265. The van der Waals surface area contributed by atoms with E-state index in [0.717, 1.165) is 26.7 Å². The number of thiophene rings is 1. The summed E-state index contributed by atoms with van der Waals surface area (Å²) in [4.78, 5) is 34.3. The van der Waals surface area contributed by atoms with E-state index in [4.69, 9.17) is 4.98 Å². The van der Waals surface area contributed by atoms with E-state index in [1.165, 1.54) is 11.1 Å². The Labute approximate surface area is 194 Å². The molecule has 162 valence electrons. The second-order valence-corrected chi connectivity index (χ2v) is 10.0. The fourth-order valence-corrected chi connectivity index (χ4v) is 6.27. The van der Waals surface area contributed by atoms with Crippen LogP contribution < -0.4 is 5.56 Å². The van der Waals surface area contributed by atoms with Crippen LogP contribution in [-0.4, -0.2) is 26.9 Å². The van der Waals surface area contributed by atoms with Crippen molar-refractivity contribution in [3.05, 3.63) is 86.5 Å². The van der Waals surface area contributed by atoms with Gasteiger partial charge in [0, 0.05) is 24.1 Å². The van der Waals surface area contributed by atoms with Crippen molar-refractivity contribution >= 4 is 39.2 Å². The van der Waals surface area contributed by atoms with E-state index in [9.17, 15) is 9.59 Å². The van der Waals surface area contributed by atoms with Crippen LogP contribution in [0, 0.1) is 6.92 Å². The summed E-state index contributed by atoms with van der Waals surface area (Å²) < 4.78 is 1.74. The predicted octanol–water partition coefficient (Wildman–Crippen LogP) is 4.95. The Hall–Kier alpha value is -2.90. The molecule has 7 heteroatoms. The second kappa shape index (κ2) is 8.56. The molecule has 1 amide bonds. The fourth-order valence-electron chi connectivity index (χ4n) is 4.03. The van der Waals surface area contributed by atoms with Gasteiger partial charge in [0.05, 0.1) is 17.6 Å². The summed E-state index contributed by atoms with van der Waals surface area (Å²) in [7, 11) is 0. The SMILES string of the molecule is CC(=O)N1CCc2c(sc3nc(SCc4ccc(C)cc4)n(-c4ccccc4)c(=O)c23)C1. The molecule has 5 nitrogen and oxygen atoms in total. The first-order valence-electron chi connectivity index (χ1n) is 10.6. The number of carbonyl (C=O) groups is 1. The summed E-state index contributed by atoms with van der Waals surface area (Å²) in [6.07, 6.45) is 0.691. The van der Waals surface area contributed by atoms with Crippen molar-refractivity contribution in [1.82, 2.24) is 14.5 Å². The topological polar surface area (TPSA) is 55.2 Å². The molecule has 0 N–H and O–H groups in total. The molecule has 0 saturated heterocycles. The van der Waals surface area contributed by atoms with Crippen molar-refractivity contribution in [2.24, 2.45) is 0 Å². The highest BCUT2D eigenvalue weighted by molar-refractivity contribution is 7.98. The minimum absolute atomic E-state index is 0.0265. The lowest BCUT2D eigenvalue weighted by atomic mass is 10.1. The molecular formula is C25H23N3O2S2. The standard InChI is InChI=1S/C25H23N3O2S2/c1-16-8-10-18(11-9-16)15-31-25-26-23-22(24(30)28(25)19-6-4-3-5-7-19)20-12-13-27(17(2)29)14-21(20)32-23/h3-11H,12-15H2,1-2H3. The molecule has 2 aromatic heterocycles. The molecule has 0 unspecified atom stereocenters. The first kappa shape index (κ1) is 21.0. The van der Waals surface area contributed by atoms with E-state index in [1.54, 1.807) is 34.6 Å². The van der Waals surface area contributed by atoms with Crippen LogP contribution in [0.1, 0.15) is 28.5 Å². The molecular weight excluding hydrogens is 438 g/mol. The van der Waals surface area contributed by atoms with Crippen molar-refractivity contribution in [2.75, 3.05) is 6.54 Å². The molecule has 0 radical (unpaired) electrons. The van der Waals surface area contributed by atoms with Gasteiger partial charge in [-0.1, -0.05) is 59.8 Å². The Morgan fingerprint density at radius 3 is 2.59 bits per heavy atom. The van der Waals surface area contributed by atoms with E-state index >= 15 is 0 Å². The fraction of sp³-hybridized carbons (Fsp3) is 0.240. The van der Waals surface area contributed by atoms with Gasteiger partial charge >= 0.3 is 0 Å². The van der Waals surface area contributed by atoms with E-state index in [1.807, 2.05) is 35.2 Å². The summed E-state index contributed by atoms with van der Waals surface area (Å²) in [5.74, 6) is 0.797. The van der Waals surface area contributed by atoms with Gasteiger partial charge in [-0.05, 0) is 36.6 Å². The van der Waals surface area contributed by atoms with Crippen LogP contribution in [-0.2, 0) is 23.5 Å². The van der Waals surface area contributed by atoms with Gasteiger partial charge in [0.1, 0.15) is 4.83 Å². The summed E-state index contributed by atoms with van der Waals surface area (Å²) in [6.45, 7) is 4.87. The van der Waals surface area contributed by atoms with E-state index in [-0.39, 0.29) is 11.5 Å². The number of carbonyl (C=O) groups excluding carboxylic acids is 1. The number of benzene rings is 2. The molecule has 32 heavy (non-hydrogen) atoms. The lowest BCUT2D eigenvalue weighted by molar-refractivity contribution is -0.129. The van der Waals surface area contributed by atoms with Crippen LogP contribution in [0.3, 0.4) is 0 Å². The molecule has 0 saturated carbocycles. The van der Waals surface area contributed by atoms with E-state index in [2.05, 4.69) is 31.2 Å². The number of hydrogen-bond acceptors (Lipinski definition) is 5. The highest BCUT2D eigenvalue weighted by atomic mass is 32.2. The molecule has 5 rings (SSSR count). The normalized spacial score (nSPS) is 13.4. The van der Waals surface area contributed by atoms with Crippen molar-refractivity contribution in [1.29, 1.82) is 0 Å². The molecule has 0 bridgehead atoms. The lowest BCUT2D eigenvalue weighted by Crippen LogP contribution is -2.34. The van der Waals surface area contributed by atoms with Crippen LogP contribution in [0.25, 0.3) is 15.9 Å². The van der Waals surface area contributed by atoms with E-state index < -0.39 is 0 Å². The number of hydrogen-bond donors (Lipinski definition) is 0. The zero-order valence-electron chi connectivity index (χ0n) is 18.0. The Bertz CT molecular complexity index is 1360. The minimum Gasteiger partial charge on any atom is -0.337 e. The van der Waals surface area contributed by atoms with Crippen LogP contribution >= 0.6 is 23.1 Å². The maximum atomic E-state index is 13.8. The van der Waals surface area contributed by atoms with Gasteiger partial charge in [-0.2, -0.15) is 0 Å². The third kappa shape index (κ3) is 3.87. The van der Waals surface area contributed by atoms with Gasteiger partial charge in [-0.15, -0.1) is 11.3 Å². The third-order valence-corrected chi connectivity index (χ3v) is 7.91. The summed E-state index contributed by atoms with van der Waals surface area (Å²) >= 11 is 3.12. The monoisotopic (exact) mass is 461 g/mol. The molecule has 1 aliphatic heterocycles. The highest BCUT2D eigenvalue weighted by Crippen LogP contribution is 2.34. The van der Waals surface area contributed by atoms with Gasteiger partial charge in [0.15, 0.2) is 5.16 Å². The maximum Gasteiger partial charge on any atom is 0.267 e. The zero-order chi connectivity index (χ0) is 22.2. The Kier molecular flexibility index (Phi) is 5.61. The van der Waals surface area contributed by atoms with Gasteiger partial charge in [0.2, 0.25) is 5.91 Å². The van der Waals surface area contributed by atoms with Crippen molar-refractivity contribution in [2.45, 2.75) is 37.7 Å². The van der Waals surface area contributed by atoms with Crippen LogP contribution in [0.2, 0.25) is 0 Å². The zero-order valence-corrected chi connectivity index (χ0v) is 19.6. The summed E-state index contributed by atoms with van der Waals surface area (Å²) in [6, 6.07) is 18.2. The summed E-state index contributed by atoms with van der Waals surface area (Å²) in [5.41, 5.74) is 4.26. The molecule has 0 aliphatic carbocycles. The van der Waals surface area contributed by atoms with Crippen LogP contribution in [0.15, 0.2) is 64.5 Å². The average Bonchev–Trinajstić information content (AvgIpc) is 3.17. The summed E-state index contributed by atoms with van der Waals surface area (Å²) in [5, 5.41) is 1.40. The van der Waals surface area contributed by atoms with Crippen LogP contribution in [0.5, 0.6) is 0 Å². The maximum absolute atomic E-state index is 13.8. The number of aromatic nitrogens is 2. The molecule has 0 fully saturated rings. The van der Waals surface area contributed by atoms with Gasteiger partial charge in [-0.25, -0.2) is 4.98 Å². The number of thioether (sulfide) groups is 1. The molecule has 4 aromatic rings. The Balaban J connectivity index is 1.62. The quantitative estimate of drug-likeness (QED) is 0.319. The third-order valence-electron chi connectivity index (χ3n) is 5.79. The smallest absolute Gasteiger partial charge is 0.267 e. The first-order valence-corrected chi connectivity index (χ1v) is 12.4. The molecule has 0 spiro atoms. The van der Waals surface area contributed by atoms with Crippen LogP contribution in [0.4, 0.5) is 0 Å². The van der Waals surface area contributed by atoms with Gasteiger partial charge < -0.3 is 4.90 Å². The van der Waals surface area contributed by atoms with Crippen molar-refractivity contribution < 1.29 is 4.79 Å². The Morgan fingerprint density at radius 1 is 1.12 bits per heavy atom. The number of fused-ring (bicyclic) bond motifs is 3. The predicted molar refractivity (Wildman–Crippen MR) is 131 cm³/mol. The lowest BCUT2D eigenvalue weighted by Gasteiger charge is -2.25. The number of aryl methyl sites for hydroxylation is 1. The largest absolute Gasteiger partial charge is 0.337 e. The number of para-hydroxylation sites is 1. The molecule has 1 aliphatic rings. The first-order chi connectivity index (χ1) is 15.5.